The Bertz CT molecular complexity index is 602. The highest BCUT2D eigenvalue weighted by atomic mass is 32.1. The Hall–Kier alpha value is -2.27. The van der Waals surface area contributed by atoms with Crippen molar-refractivity contribution in [1.29, 1.82) is 0 Å². The second-order valence-corrected chi connectivity index (χ2v) is 4.78. The molecule has 2 aromatic rings. The fourth-order valence-corrected chi connectivity index (χ4v) is 2.26. The molecule has 0 spiro atoms. The monoisotopic (exact) mass is 290 g/mol. The maximum atomic E-state index is 10.5. The van der Waals surface area contributed by atoms with Crippen molar-refractivity contribution < 1.29 is 19.4 Å². The van der Waals surface area contributed by atoms with E-state index in [2.05, 4.69) is 0 Å². The van der Waals surface area contributed by atoms with Crippen molar-refractivity contribution >= 4 is 23.4 Å². The number of hydrogen-bond acceptors (Lipinski definition) is 4. The maximum absolute atomic E-state index is 10.5. The van der Waals surface area contributed by atoms with Crippen LogP contribution >= 0.6 is 11.3 Å². The van der Waals surface area contributed by atoms with E-state index in [4.69, 9.17) is 14.6 Å². The summed E-state index contributed by atoms with van der Waals surface area (Å²) in [5.41, 5.74) is 1.85. The van der Waals surface area contributed by atoms with Crippen molar-refractivity contribution in [3.05, 3.63) is 52.2 Å². The molecule has 1 N–H and O–H groups in total. The molecule has 1 aromatic carbocycles. The summed E-state index contributed by atoms with van der Waals surface area (Å²) in [6.07, 6.45) is 2.59. The van der Waals surface area contributed by atoms with E-state index >= 15 is 0 Å². The zero-order valence-corrected chi connectivity index (χ0v) is 11.7. The van der Waals surface area contributed by atoms with E-state index < -0.39 is 5.97 Å². The van der Waals surface area contributed by atoms with Gasteiger partial charge >= 0.3 is 5.97 Å². The third-order valence-corrected chi connectivity index (χ3v) is 3.31. The molecule has 0 bridgehead atoms. The molecule has 0 aliphatic rings. The second kappa shape index (κ2) is 6.77. The highest BCUT2D eigenvalue weighted by Gasteiger charge is 2.05. The number of ether oxygens (including phenoxy) is 2. The van der Waals surface area contributed by atoms with Gasteiger partial charge in [-0.05, 0) is 46.2 Å². The largest absolute Gasteiger partial charge is 0.493 e. The van der Waals surface area contributed by atoms with Crippen LogP contribution in [-0.4, -0.2) is 18.2 Å². The molecule has 4 nitrogen and oxygen atoms in total. The van der Waals surface area contributed by atoms with E-state index in [1.54, 1.807) is 36.6 Å². The molecule has 1 aromatic heterocycles. The average molecular weight is 290 g/mol. The van der Waals surface area contributed by atoms with Crippen LogP contribution in [0.1, 0.15) is 11.1 Å². The molecule has 1 heterocycles. The van der Waals surface area contributed by atoms with Crippen LogP contribution in [0.4, 0.5) is 0 Å². The van der Waals surface area contributed by atoms with Gasteiger partial charge in [-0.15, -0.1) is 0 Å². The van der Waals surface area contributed by atoms with Gasteiger partial charge in [0.15, 0.2) is 11.5 Å². The molecule has 0 aliphatic heterocycles. The molecule has 0 fully saturated rings. The molecule has 20 heavy (non-hydrogen) atoms. The molecule has 2 rings (SSSR count). The smallest absolute Gasteiger partial charge is 0.328 e. The molecule has 0 radical (unpaired) electrons. The van der Waals surface area contributed by atoms with Crippen LogP contribution in [0.25, 0.3) is 6.08 Å². The number of aliphatic carboxylic acids is 1. The summed E-state index contributed by atoms with van der Waals surface area (Å²) in [7, 11) is 1.55. The van der Waals surface area contributed by atoms with Gasteiger partial charge in [-0.1, -0.05) is 6.07 Å². The number of carboxylic acids is 1. The van der Waals surface area contributed by atoms with E-state index in [1.165, 1.54) is 6.08 Å². The van der Waals surface area contributed by atoms with Gasteiger partial charge in [-0.25, -0.2) is 4.79 Å². The number of carbonyl (C=O) groups is 1. The van der Waals surface area contributed by atoms with Crippen LogP contribution in [0.5, 0.6) is 11.5 Å². The van der Waals surface area contributed by atoms with Gasteiger partial charge < -0.3 is 14.6 Å². The number of rotatable bonds is 6. The summed E-state index contributed by atoms with van der Waals surface area (Å²) in [6.45, 7) is 0.476. The van der Waals surface area contributed by atoms with Crippen molar-refractivity contribution in [1.82, 2.24) is 0 Å². The van der Waals surface area contributed by atoms with Gasteiger partial charge in [0.1, 0.15) is 6.61 Å². The molecule has 0 amide bonds. The molecule has 0 saturated carbocycles. The van der Waals surface area contributed by atoms with Crippen molar-refractivity contribution in [2.45, 2.75) is 6.61 Å². The summed E-state index contributed by atoms with van der Waals surface area (Å²) < 4.78 is 11.0. The Morgan fingerprint density at radius 2 is 2.20 bits per heavy atom. The molecular formula is C15H14O4S. The highest BCUT2D eigenvalue weighted by molar-refractivity contribution is 7.07. The fourth-order valence-electron chi connectivity index (χ4n) is 1.61. The van der Waals surface area contributed by atoms with Crippen LogP contribution in [0, 0.1) is 0 Å². The Morgan fingerprint density at radius 3 is 2.85 bits per heavy atom. The molecule has 5 heteroatoms. The summed E-state index contributed by atoms with van der Waals surface area (Å²) >= 11 is 1.62. The summed E-state index contributed by atoms with van der Waals surface area (Å²) in [6, 6.07) is 7.29. The van der Waals surface area contributed by atoms with E-state index in [9.17, 15) is 4.79 Å². The zero-order chi connectivity index (χ0) is 14.4. The normalized spacial score (nSPS) is 10.7. The van der Waals surface area contributed by atoms with E-state index in [-0.39, 0.29) is 0 Å². The number of benzene rings is 1. The van der Waals surface area contributed by atoms with E-state index in [0.29, 0.717) is 18.1 Å². The first-order chi connectivity index (χ1) is 9.69. The summed E-state index contributed by atoms with van der Waals surface area (Å²) in [5, 5.41) is 12.6. The molecule has 104 valence electrons. The van der Waals surface area contributed by atoms with Gasteiger partial charge in [0.2, 0.25) is 0 Å². The van der Waals surface area contributed by atoms with Gasteiger partial charge in [-0.3, -0.25) is 0 Å². The van der Waals surface area contributed by atoms with Crippen molar-refractivity contribution in [3.63, 3.8) is 0 Å². The Kier molecular flexibility index (Phi) is 4.79. The lowest BCUT2D eigenvalue weighted by atomic mass is 10.2. The topological polar surface area (TPSA) is 55.8 Å². The minimum absolute atomic E-state index is 0.476. The van der Waals surface area contributed by atoms with Crippen molar-refractivity contribution in [2.24, 2.45) is 0 Å². The van der Waals surface area contributed by atoms with Crippen LogP contribution < -0.4 is 9.47 Å². The Labute approximate surface area is 120 Å². The summed E-state index contributed by atoms with van der Waals surface area (Å²) in [5.74, 6) is 0.223. The first kappa shape index (κ1) is 14.1. The number of carboxylic acid groups (broad SMARTS) is 1. The van der Waals surface area contributed by atoms with Crippen LogP contribution in [0.3, 0.4) is 0 Å². The molecular weight excluding hydrogens is 276 g/mol. The second-order valence-electron chi connectivity index (χ2n) is 4.00. The van der Waals surface area contributed by atoms with E-state index in [0.717, 1.165) is 17.2 Å². The lowest BCUT2D eigenvalue weighted by molar-refractivity contribution is -0.131. The van der Waals surface area contributed by atoms with Gasteiger partial charge in [-0.2, -0.15) is 11.3 Å². The van der Waals surface area contributed by atoms with Crippen LogP contribution in [0.15, 0.2) is 41.1 Å². The first-order valence-corrected chi connectivity index (χ1v) is 6.86. The van der Waals surface area contributed by atoms with E-state index in [1.807, 2.05) is 16.8 Å². The highest BCUT2D eigenvalue weighted by Crippen LogP contribution is 2.29. The quantitative estimate of drug-likeness (QED) is 0.828. The number of methoxy groups -OCH3 is 1. The fraction of sp³-hybridized carbons (Fsp3) is 0.133. The Morgan fingerprint density at radius 1 is 1.35 bits per heavy atom. The predicted octanol–water partition coefficient (Wildman–Crippen LogP) is 3.43. The third-order valence-electron chi connectivity index (χ3n) is 2.58. The average Bonchev–Trinajstić information content (AvgIpc) is 2.96. The zero-order valence-electron chi connectivity index (χ0n) is 10.9. The molecule has 0 saturated heterocycles. The third kappa shape index (κ3) is 3.86. The molecule has 0 unspecified atom stereocenters. The van der Waals surface area contributed by atoms with Gasteiger partial charge in [0, 0.05) is 6.08 Å². The number of hydrogen-bond donors (Lipinski definition) is 1. The standard InChI is InChI=1S/C15H14O4S/c1-18-14-8-11(3-5-15(16)17)2-4-13(14)19-9-12-6-7-20-10-12/h2-8,10H,9H2,1H3,(H,16,17)/b5-3+. The SMILES string of the molecule is COc1cc(/C=C/C(=O)O)ccc1OCc1ccsc1. The van der Waals surface area contributed by atoms with Gasteiger partial charge in [0.25, 0.3) is 0 Å². The lowest BCUT2D eigenvalue weighted by Gasteiger charge is -2.10. The minimum atomic E-state index is -0.984. The summed E-state index contributed by atoms with van der Waals surface area (Å²) in [4.78, 5) is 10.5. The van der Waals surface area contributed by atoms with Crippen LogP contribution in [0.2, 0.25) is 0 Å². The Balaban J connectivity index is 2.11. The van der Waals surface area contributed by atoms with Crippen molar-refractivity contribution in [3.8, 4) is 11.5 Å². The molecule has 0 aliphatic carbocycles. The van der Waals surface area contributed by atoms with Crippen LogP contribution in [-0.2, 0) is 11.4 Å². The van der Waals surface area contributed by atoms with Gasteiger partial charge in [0.05, 0.1) is 7.11 Å². The predicted molar refractivity (Wildman–Crippen MR) is 78.3 cm³/mol. The van der Waals surface area contributed by atoms with Crippen molar-refractivity contribution in [2.75, 3.05) is 7.11 Å². The minimum Gasteiger partial charge on any atom is -0.493 e. The lowest BCUT2D eigenvalue weighted by Crippen LogP contribution is -1.96. The number of thiophene rings is 1. The maximum Gasteiger partial charge on any atom is 0.328 e. The molecule has 0 atom stereocenters. The first-order valence-electron chi connectivity index (χ1n) is 5.92.